The van der Waals surface area contributed by atoms with Crippen LogP contribution in [0.1, 0.15) is 65.2 Å². The van der Waals surface area contributed by atoms with Gasteiger partial charge in [0.05, 0.1) is 10.6 Å². The van der Waals surface area contributed by atoms with E-state index in [1.807, 2.05) is 14.0 Å². The van der Waals surface area contributed by atoms with Gasteiger partial charge in [-0.2, -0.15) is 4.31 Å². The number of fused-ring (bicyclic) bond motifs is 1. The minimum absolute atomic E-state index is 0.0495. The first-order valence-electron chi connectivity index (χ1n) is 12.5. The number of amides is 2. The van der Waals surface area contributed by atoms with Crippen molar-refractivity contribution >= 4 is 39.3 Å². The van der Waals surface area contributed by atoms with Crippen molar-refractivity contribution in [3.05, 3.63) is 18.2 Å². The quantitative estimate of drug-likeness (QED) is 0.599. The number of sulfonamides is 1. The number of likely N-dealkylation sites (N-methyl/N-ethyl adjacent to an activating group) is 1. The predicted molar refractivity (Wildman–Crippen MR) is 136 cm³/mol. The van der Waals surface area contributed by atoms with Crippen LogP contribution in [0.25, 0.3) is 0 Å². The van der Waals surface area contributed by atoms with Gasteiger partial charge in [-0.25, -0.2) is 8.42 Å². The van der Waals surface area contributed by atoms with Gasteiger partial charge in [0, 0.05) is 42.7 Å². The van der Waals surface area contributed by atoms with Crippen molar-refractivity contribution in [2.75, 3.05) is 31.6 Å². The molecule has 0 N–H and O–H groups in total. The normalized spacial score (nSPS) is 23.4. The number of carbonyl (C=O) groups is 2. The van der Waals surface area contributed by atoms with Gasteiger partial charge in [0.2, 0.25) is 21.8 Å². The molecule has 1 aromatic rings. The summed E-state index contributed by atoms with van der Waals surface area (Å²) < 4.78 is 28.3. The van der Waals surface area contributed by atoms with Crippen molar-refractivity contribution in [2.24, 2.45) is 5.92 Å². The highest BCUT2D eigenvalue weighted by Crippen LogP contribution is 2.40. The highest BCUT2D eigenvalue weighted by Gasteiger charge is 2.33. The maximum absolute atomic E-state index is 13.4. The standard InChI is InChI=1S/C25H37N3O4S2/c1-18-11-13-27(14-12-18)34(31,32)21-9-10-23-22(16-21)28(24(29)15-19(2)33-23)17-25(30)26(3)20-7-5-4-6-8-20/h9-10,16,18-20H,4-8,11-15,17H2,1-3H3/t19-/m0/s1. The monoisotopic (exact) mass is 507 g/mol. The third-order valence-corrected chi connectivity index (χ3v) is 10.6. The minimum atomic E-state index is -3.66. The van der Waals surface area contributed by atoms with E-state index in [4.69, 9.17) is 0 Å². The largest absolute Gasteiger partial charge is 0.341 e. The molecular formula is C25H37N3O4S2. The van der Waals surface area contributed by atoms with Gasteiger partial charge in [0.15, 0.2) is 0 Å². The molecule has 4 rings (SSSR count). The van der Waals surface area contributed by atoms with Crippen LogP contribution in [-0.2, 0) is 19.6 Å². The molecule has 3 aliphatic rings. The maximum Gasteiger partial charge on any atom is 0.243 e. The summed E-state index contributed by atoms with van der Waals surface area (Å²) in [5, 5.41) is 0.0495. The molecule has 1 aromatic carbocycles. The van der Waals surface area contributed by atoms with Crippen LogP contribution >= 0.6 is 11.8 Å². The van der Waals surface area contributed by atoms with Crippen molar-refractivity contribution < 1.29 is 18.0 Å². The van der Waals surface area contributed by atoms with Crippen molar-refractivity contribution in [3.8, 4) is 0 Å². The minimum Gasteiger partial charge on any atom is -0.341 e. The molecule has 0 unspecified atom stereocenters. The summed E-state index contributed by atoms with van der Waals surface area (Å²) in [4.78, 5) is 30.8. The summed E-state index contributed by atoms with van der Waals surface area (Å²) in [5.74, 6) is 0.297. The Balaban J connectivity index is 1.62. The molecule has 2 aliphatic heterocycles. The second-order valence-electron chi connectivity index (χ2n) is 10.1. The number of piperidine rings is 1. The van der Waals surface area contributed by atoms with Gasteiger partial charge in [-0.3, -0.25) is 9.59 Å². The first kappa shape index (κ1) is 25.5. The Hall–Kier alpha value is -1.58. The van der Waals surface area contributed by atoms with E-state index in [2.05, 4.69) is 6.92 Å². The second-order valence-corrected chi connectivity index (χ2v) is 13.5. The van der Waals surface area contributed by atoms with E-state index in [0.29, 0.717) is 31.1 Å². The van der Waals surface area contributed by atoms with E-state index in [9.17, 15) is 18.0 Å². The molecule has 2 amide bonds. The number of hydrogen-bond donors (Lipinski definition) is 0. The van der Waals surface area contributed by atoms with E-state index in [-0.39, 0.29) is 34.5 Å². The Morgan fingerprint density at radius 3 is 2.44 bits per heavy atom. The van der Waals surface area contributed by atoms with E-state index in [1.165, 1.54) is 11.3 Å². The molecule has 1 atom stereocenters. The van der Waals surface area contributed by atoms with Crippen molar-refractivity contribution in [1.29, 1.82) is 0 Å². The van der Waals surface area contributed by atoms with Gasteiger partial charge in [-0.15, -0.1) is 11.8 Å². The molecule has 34 heavy (non-hydrogen) atoms. The average Bonchev–Trinajstić information content (AvgIpc) is 2.94. The molecule has 0 aromatic heterocycles. The number of nitrogens with zero attached hydrogens (tertiary/aromatic N) is 3. The molecule has 7 nitrogen and oxygen atoms in total. The average molecular weight is 508 g/mol. The van der Waals surface area contributed by atoms with Crippen LogP contribution in [0.15, 0.2) is 28.0 Å². The summed E-state index contributed by atoms with van der Waals surface area (Å²) in [7, 11) is -1.83. The summed E-state index contributed by atoms with van der Waals surface area (Å²) >= 11 is 1.56. The number of rotatable bonds is 5. The Morgan fingerprint density at radius 2 is 1.76 bits per heavy atom. The number of anilines is 1. The molecular weight excluding hydrogens is 470 g/mol. The Morgan fingerprint density at radius 1 is 1.09 bits per heavy atom. The molecule has 0 spiro atoms. The van der Waals surface area contributed by atoms with Crippen LogP contribution in [0.5, 0.6) is 0 Å². The van der Waals surface area contributed by atoms with Crippen LogP contribution in [0.2, 0.25) is 0 Å². The molecule has 1 saturated heterocycles. The molecule has 0 bridgehead atoms. The molecule has 9 heteroatoms. The zero-order valence-electron chi connectivity index (χ0n) is 20.5. The smallest absolute Gasteiger partial charge is 0.243 e. The van der Waals surface area contributed by atoms with E-state index in [0.717, 1.165) is 43.4 Å². The Kier molecular flexibility index (Phi) is 7.94. The van der Waals surface area contributed by atoms with Crippen LogP contribution < -0.4 is 4.90 Å². The molecule has 1 aliphatic carbocycles. The van der Waals surface area contributed by atoms with Crippen molar-refractivity contribution in [3.63, 3.8) is 0 Å². The van der Waals surface area contributed by atoms with Crippen LogP contribution in [0, 0.1) is 5.92 Å². The Bertz CT molecular complexity index is 1010. The molecule has 2 fully saturated rings. The van der Waals surface area contributed by atoms with Crippen LogP contribution in [-0.4, -0.2) is 67.4 Å². The van der Waals surface area contributed by atoms with Gasteiger partial charge in [-0.1, -0.05) is 33.1 Å². The number of hydrogen-bond acceptors (Lipinski definition) is 5. The molecule has 0 radical (unpaired) electrons. The highest BCUT2D eigenvalue weighted by molar-refractivity contribution is 8.00. The third-order valence-electron chi connectivity index (χ3n) is 7.50. The number of carbonyl (C=O) groups excluding carboxylic acids is 2. The van der Waals surface area contributed by atoms with Gasteiger partial charge in [0.25, 0.3) is 0 Å². The third kappa shape index (κ3) is 5.46. The van der Waals surface area contributed by atoms with Crippen LogP contribution in [0.4, 0.5) is 5.69 Å². The van der Waals surface area contributed by atoms with Crippen molar-refractivity contribution in [1.82, 2.24) is 9.21 Å². The van der Waals surface area contributed by atoms with Gasteiger partial charge in [-0.05, 0) is 49.8 Å². The molecule has 2 heterocycles. The summed E-state index contributed by atoms with van der Waals surface area (Å²) in [6, 6.07) is 5.27. The lowest BCUT2D eigenvalue weighted by Gasteiger charge is -2.33. The van der Waals surface area contributed by atoms with Crippen LogP contribution in [0.3, 0.4) is 0 Å². The first-order valence-corrected chi connectivity index (χ1v) is 14.9. The Labute approximate surface area is 208 Å². The van der Waals surface area contributed by atoms with Crippen molar-refractivity contribution in [2.45, 2.75) is 86.3 Å². The molecule has 188 valence electrons. The lowest BCUT2D eigenvalue weighted by molar-refractivity contribution is -0.132. The SMILES string of the molecule is CC1CCN(S(=O)(=O)c2ccc3c(c2)N(CC(=O)N(C)C2CCCCC2)C(=O)C[C@H](C)S3)CC1. The fourth-order valence-electron chi connectivity index (χ4n) is 5.18. The first-order chi connectivity index (χ1) is 16.2. The molecule has 1 saturated carbocycles. The lowest BCUT2D eigenvalue weighted by Crippen LogP contribution is -2.46. The number of benzene rings is 1. The van der Waals surface area contributed by atoms with Gasteiger partial charge >= 0.3 is 0 Å². The maximum atomic E-state index is 13.4. The summed E-state index contributed by atoms with van der Waals surface area (Å²) in [6.45, 7) is 5.11. The van der Waals surface area contributed by atoms with Gasteiger partial charge in [0.1, 0.15) is 6.54 Å². The van der Waals surface area contributed by atoms with E-state index >= 15 is 0 Å². The fraction of sp³-hybridized carbons (Fsp3) is 0.680. The summed E-state index contributed by atoms with van der Waals surface area (Å²) in [5.41, 5.74) is 0.538. The zero-order valence-corrected chi connectivity index (χ0v) is 22.2. The second kappa shape index (κ2) is 10.6. The number of thioether (sulfide) groups is 1. The predicted octanol–water partition coefficient (Wildman–Crippen LogP) is 4.12. The lowest BCUT2D eigenvalue weighted by atomic mass is 9.94. The summed E-state index contributed by atoms with van der Waals surface area (Å²) in [6.07, 6.45) is 7.46. The zero-order chi connectivity index (χ0) is 24.5. The highest BCUT2D eigenvalue weighted by atomic mass is 32.2. The topological polar surface area (TPSA) is 78.0 Å². The van der Waals surface area contributed by atoms with E-state index < -0.39 is 10.0 Å². The van der Waals surface area contributed by atoms with Gasteiger partial charge < -0.3 is 9.80 Å². The van der Waals surface area contributed by atoms with E-state index in [1.54, 1.807) is 39.2 Å². The fourth-order valence-corrected chi connectivity index (χ4v) is 7.77.